The second-order valence-electron chi connectivity index (χ2n) is 25.9. The highest BCUT2D eigenvalue weighted by atomic mass is 16.6. The van der Waals surface area contributed by atoms with Crippen LogP contribution in [-0.2, 0) is 28.6 Å². The van der Waals surface area contributed by atoms with Crippen LogP contribution in [0.2, 0.25) is 0 Å². The van der Waals surface area contributed by atoms with Crippen molar-refractivity contribution < 1.29 is 28.6 Å². The van der Waals surface area contributed by atoms with E-state index in [9.17, 15) is 14.4 Å². The summed E-state index contributed by atoms with van der Waals surface area (Å²) >= 11 is 0. The van der Waals surface area contributed by atoms with E-state index in [0.717, 1.165) is 64.2 Å². The van der Waals surface area contributed by atoms with Crippen LogP contribution in [0, 0.1) is 0 Å². The largest absolute Gasteiger partial charge is 0.462 e. The molecule has 0 radical (unpaired) electrons. The molecule has 1 atom stereocenters. The van der Waals surface area contributed by atoms with Crippen molar-refractivity contribution in [2.75, 3.05) is 13.2 Å². The number of unbranched alkanes of at least 4 members (excludes halogenated alkanes) is 56. The molecule has 0 amide bonds. The van der Waals surface area contributed by atoms with Gasteiger partial charge in [-0.3, -0.25) is 14.4 Å². The fourth-order valence-electron chi connectivity index (χ4n) is 11.8. The van der Waals surface area contributed by atoms with Crippen molar-refractivity contribution in [3.8, 4) is 0 Å². The quantitative estimate of drug-likeness (QED) is 0.0261. The van der Waals surface area contributed by atoms with Gasteiger partial charge in [0.05, 0.1) is 0 Å². The van der Waals surface area contributed by atoms with E-state index in [1.54, 1.807) is 0 Å². The third-order valence-electron chi connectivity index (χ3n) is 17.5. The molecule has 6 heteroatoms. The summed E-state index contributed by atoms with van der Waals surface area (Å²) in [4.78, 5) is 38.4. The second-order valence-corrected chi connectivity index (χ2v) is 25.9. The molecule has 0 saturated heterocycles. The van der Waals surface area contributed by atoms with E-state index in [0.29, 0.717) is 19.3 Å². The Morgan fingerprint density at radius 2 is 0.434 bits per heavy atom. The van der Waals surface area contributed by atoms with Crippen LogP contribution in [0.5, 0.6) is 0 Å². The number of carbonyl (C=O) groups excluding carboxylic acids is 3. The first-order valence-electron chi connectivity index (χ1n) is 37.8. The van der Waals surface area contributed by atoms with Gasteiger partial charge < -0.3 is 14.2 Å². The van der Waals surface area contributed by atoms with Crippen molar-refractivity contribution in [2.45, 2.75) is 438 Å². The fourth-order valence-corrected chi connectivity index (χ4v) is 11.8. The summed E-state index contributed by atoms with van der Waals surface area (Å²) in [5.41, 5.74) is 0. The lowest BCUT2D eigenvalue weighted by Crippen LogP contribution is -2.30. The summed E-state index contributed by atoms with van der Waals surface area (Å²) in [7, 11) is 0. The van der Waals surface area contributed by atoms with Crippen LogP contribution in [0.1, 0.15) is 432 Å². The average molecular weight is 1170 g/mol. The standard InChI is InChI=1S/C77H146O6/c1-4-7-10-13-16-19-21-23-25-27-29-31-33-35-37-38-40-41-43-45-47-49-51-53-55-58-61-64-67-70-76(79)82-73-74(72-81-75(78)69-66-63-60-57-18-15-12-9-6-3)83-77(80)71-68-65-62-59-56-54-52-50-48-46-44-42-39-36-34-32-30-28-26-24-22-20-17-14-11-8-5-2/h22,24,28,30,74H,4-21,23,25-27,29,31-73H2,1-3H3/b24-22-,30-28-. The van der Waals surface area contributed by atoms with Crippen molar-refractivity contribution in [3.63, 3.8) is 0 Å². The summed E-state index contributed by atoms with van der Waals surface area (Å²) in [5.74, 6) is -0.834. The predicted molar refractivity (Wildman–Crippen MR) is 363 cm³/mol. The second kappa shape index (κ2) is 72.4. The van der Waals surface area contributed by atoms with Gasteiger partial charge in [0.2, 0.25) is 0 Å². The molecule has 1 unspecified atom stereocenters. The SMILES string of the molecule is CCCCCCC/C=C\C/C=C\CCCCCCCCCCCCCCCCCC(=O)OC(COC(=O)CCCCCCCCCCC)COC(=O)CCCCCCCCCCCCCCCCCCCCCCCCCCCCCCC. The summed E-state index contributed by atoms with van der Waals surface area (Å²) < 4.78 is 17.0. The van der Waals surface area contributed by atoms with Crippen LogP contribution >= 0.6 is 0 Å². The highest BCUT2D eigenvalue weighted by molar-refractivity contribution is 5.71. The minimum Gasteiger partial charge on any atom is -0.462 e. The van der Waals surface area contributed by atoms with Gasteiger partial charge in [-0.05, 0) is 51.4 Å². The Labute approximate surface area is 519 Å². The minimum absolute atomic E-state index is 0.0640. The lowest BCUT2D eigenvalue weighted by molar-refractivity contribution is -0.167. The molecule has 83 heavy (non-hydrogen) atoms. The third-order valence-corrected chi connectivity index (χ3v) is 17.5. The van der Waals surface area contributed by atoms with E-state index in [1.807, 2.05) is 0 Å². The summed E-state index contributed by atoms with van der Waals surface area (Å²) in [6.45, 7) is 6.70. The van der Waals surface area contributed by atoms with E-state index >= 15 is 0 Å². The highest BCUT2D eigenvalue weighted by Crippen LogP contribution is 2.19. The molecular weight excluding hydrogens is 1020 g/mol. The third kappa shape index (κ3) is 70.5. The first-order chi connectivity index (χ1) is 41.0. The van der Waals surface area contributed by atoms with E-state index in [-0.39, 0.29) is 31.1 Å². The zero-order chi connectivity index (χ0) is 59.9. The summed E-state index contributed by atoms with van der Waals surface area (Å²) in [5, 5.41) is 0. The number of rotatable bonds is 71. The maximum atomic E-state index is 12.9. The van der Waals surface area contributed by atoms with Crippen LogP contribution in [0.3, 0.4) is 0 Å². The van der Waals surface area contributed by atoms with Crippen LogP contribution in [0.15, 0.2) is 24.3 Å². The molecule has 0 rings (SSSR count). The number of hydrogen-bond donors (Lipinski definition) is 0. The van der Waals surface area contributed by atoms with Crippen molar-refractivity contribution in [1.82, 2.24) is 0 Å². The number of hydrogen-bond acceptors (Lipinski definition) is 6. The number of esters is 3. The highest BCUT2D eigenvalue weighted by Gasteiger charge is 2.20. The van der Waals surface area contributed by atoms with Gasteiger partial charge >= 0.3 is 17.9 Å². The Bertz CT molecular complexity index is 1340. The molecule has 0 aromatic rings. The predicted octanol–water partition coefficient (Wildman–Crippen LogP) is 26.1. The summed E-state index contributed by atoms with van der Waals surface area (Å²) in [6, 6.07) is 0. The molecule has 490 valence electrons. The zero-order valence-corrected chi connectivity index (χ0v) is 56.5. The van der Waals surface area contributed by atoms with Crippen molar-refractivity contribution in [3.05, 3.63) is 24.3 Å². The normalized spacial score (nSPS) is 12.1. The van der Waals surface area contributed by atoms with E-state index in [1.165, 1.54) is 327 Å². The molecule has 6 nitrogen and oxygen atoms in total. The Balaban J connectivity index is 4.05. The molecule has 0 aliphatic heterocycles. The van der Waals surface area contributed by atoms with Crippen molar-refractivity contribution in [2.24, 2.45) is 0 Å². The Hall–Kier alpha value is -2.11. The van der Waals surface area contributed by atoms with Gasteiger partial charge in [0.15, 0.2) is 6.10 Å². The van der Waals surface area contributed by atoms with Gasteiger partial charge in [-0.2, -0.15) is 0 Å². The maximum absolute atomic E-state index is 12.9. The van der Waals surface area contributed by atoms with Gasteiger partial charge in [-0.1, -0.05) is 385 Å². The molecule has 0 N–H and O–H groups in total. The van der Waals surface area contributed by atoms with E-state index < -0.39 is 6.10 Å². The van der Waals surface area contributed by atoms with E-state index in [4.69, 9.17) is 14.2 Å². The maximum Gasteiger partial charge on any atom is 0.306 e. The number of ether oxygens (including phenoxy) is 3. The minimum atomic E-state index is -0.767. The molecule has 0 aliphatic rings. The summed E-state index contributed by atoms with van der Waals surface area (Å²) in [6.07, 6.45) is 89.6. The monoisotopic (exact) mass is 1170 g/mol. The Morgan fingerprint density at radius 1 is 0.241 bits per heavy atom. The van der Waals surface area contributed by atoms with Gasteiger partial charge in [0.25, 0.3) is 0 Å². The molecule has 0 aromatic heterocycles. The number of carbonyl (C=O) groups is 3. The van der Waals surface area contributed by atoms with Gasteiger partial charge in [-0.15, -0.1) is 0 Å². The Morgan fingerprint density at radius 3 is 0.663 bits per heavy atom. The zero-order valence-electron chi connectivity index (χ0n) is 56.5. The first kappa shape index (κ1) is 80.9. The Kier molecular flexibility index (Phi) is 70.5. The molecular formula is C77H146O6. The topological polar surface area (TPSA) is 78.9 Å². The molecule has 0 heterocycles. The molecule has 0 fully saturated rings. The lowest BCUT2D eigenvalue weighted by atomic mass is 10.0. The van der Waals surface area contributed by atoms with Gasteiger partial charge in [-0.25, -0.2) is 0 Å². The van der Waals surface area contributed by atoms with Gasteiger partial charge in [0, 0.05) is 19.3 Å². The van der Waals surface area contributed by atoms with Crippen LogP contribution in [-0.4, -0.2) is 37.2 Å². The fraction of sp³-hybridized carbons (Fsp3) is 0.909. The van der Waals surface area contributed by atoms with Crippen molar-refractivity contribution in [1.29, 1.82) is 0 Å². The first-order valence-corrected chi connectivity index (χ1v) is 37.8. The van der Waals surface area contributed by atoms with Crippen LogP contribution < -0.4 is 0 Å². The molecule has 0 aromatic carbocycles. The van der Waals surface area contributed by atoms with Crippen molar-refractivity contribution >= 4 is 17.9 Å². The molecule has 0 saturated carbocycles. The van der Waals surface area contributed by atoms with E-state index in [2.05, 4.69) is 45.1 Å². The average Bonchev–Trinajstić information content (AvgIpc) is 3.49. The van der Waals surface area contributed by atoms with Crippen LogP contribution in [0.4, 0.5) is 0 Å². The van der Waals surface area contributed by atoms with Gasteiger partial charge in [0.1, 0.15) is 13.2 Å². The lowest BCUT2D eigenvalue weighted by Gasteiger charge is -2.18. The number of allylic oxidation sites excluding steroid dienone is 4. The smallest absolute Gasteiger partial charge is 0.306 e. The molecule has 0 bridgehead atoms. The molecule has 0 spiro atoms. The molecule has 0 aliphatic carbocycles. The van der Waals surface area contributed by atoms with Crippen LogP contribution in [0.25, 0.3) is 0 Å².